The lowest BCUT2D eigenvalue weighted by atomic mass is 10.1. The van der Waals surface area contributed by atoms with E-state index >= 15 is 0 Å². The van der Waals surface area contributed by atoms with Crippen LogP contribution in [0.4, 0.5) is 0 Å². The van der Waals surface area contributed by atoms with Crippen molar-refractivity contribution in [2.75, 3.05) is 59.0 Å². The summed E-state index contributed by atoms with van der Waals surface area (Å²) in [5.41, 5.74) is 5.50. The average Bonchev–Trinajstić information content (AvgIpc) is 2.54. The molecule has 2 aliphatic heterocycles. The Balaban J connectivity index is 1.92. The van der Waals surface area contributed by atoms with Gasteiger partial charge in [-0.25, -0.2) is 0 Å². The maximum absolute atomic E-state index is 12.5. The standard InChI is InChI=1S/C12H24N4O4S/c1-11(10-13)12(17)14-2-4-15(5-3-14)21(18,19)16-6-8-20-9-7-16/h11H,2-10,13H2,1H3. The Morgan fingerprint density at radius 1 is 1.10 bits per heavy atom. The van der Waals surface area contributed by atoms with Crippen molar-refractivity contribution in [3.05, 3.63) is 0 Å². The number of piperazine rings is 1. The second-order valence-electron chi connectivity index (χ2n) is 5.38. The van der Waals surface area contributed by atoms with Crippen molar-refractivity contribution in [3.8, 4) is 0 Å². The Bertz CT molecular complexity index is 456. The fourth-order valence-corrected chi connectivity index (χ4v) is 4.05. The predicted molar refractivity (Wildman–Crippen MR) is 77.7 cm³/mol. The van der Waals surface area contributed by atoms with Crippen molar-refractivity contribution in [2.24, 2.45) is 11.7 Å². The van der Waals surface area contributed by atoms with E-state index in [1.54, 1.807) is 11.8 Å². The zero-order chi connectivity index (χ0) is 15.5. The number of hydrogen-bond acceptors (Lipinski definition) is 5. The molecule has 2 fully saturated rings. The molecular formula is C12H24N4O4S. The molecule has 8 nitrogen and oxygen atoms in total. The van der Waals surface area contributed by atoms with Crippen LogP contribution in [0.25, 0.3) is 0 Å². The van der Waals surface area contributed by atoms with Gasteiger partial charge in [0.15, 0.2) is 0 Å². The maximum atomic E-state index is 12.5. The van der Waals surface area contributed by atoms with Crippen molar-refractivity contribution in [1.82, 2.24) is 13.5 Å². The fourth-order valence-electron chi connectivity index (χ4n) is 2.49. The molecule has 2 aliphatic rings. The van der Waals surface area contributed by atoms with Crippen LogP contribution in [0.1, 0.15) is 6.92 Å². The topological polar surface area (TPSA) is 96.2 Å². The van der Waals surface area contributed by atoms with E-state index in [9.17, 15) is 13.2 Å². The molecule has 2 saturated heterocycles. The van der Waals surface area contributed by atoms with Gasteiger partial charge in [0, 0.05) is 51.7 Å². The Morgan fingerprint density at radius 2 is 1.62 bits per heavy atom. The smallest absolute Gasteiger partial charge is 0.282 e. The van der Waals surface area contributed by atoms with Gasteiger partial charge in [-0.1, -0.05) is 6.92 Å². The number of hydrogen-bond donors (Lipinski definition) is 1. The molecule has 2 N–H and O–H groups in total. The number of carbonyl (C=O) groups excluding carboxylic acids is 1. The maximum Gasteiger partial charge on any atom is 0.282 e. The van der Waals surface area contributed by atoms with Crippen LogP contribution in [0.15, 0.2) is 0 Å². The normalized spacial score (nSPS) is 24.0. The number of ether oxygens (including phenoxy) is 1. The quantitative estimate of drug-likeness (QED) is 0.666. The molecule has 0 aromatic heterocycles. The molecule has 21 heavy (non-hydrogen) atoms. The molecule has 122 valence electrons. The van der Waals surface area contributed by atoms with Gasteiger partial charge in [-0.3, -0.25) is 4.79 Å². The number of carbonyl (C=O) groups is 1. The first-order chi connectivity index (χ1) is 9.96. The molecule has 0 saturated carbocycles. The SMILES string of the molecule is CC(CN)C(=O)N1CCN(S(=O)(=O)N2CCOCC2)CC1. The summed E-state index contributed by atoms with van der Waals surface area (Å²) < 4.78 is 33.0. The summed E-state index contributed by atoms with van der Waals surface area (Å²) >= 11 is 0. The number of nitrogens with zero attached hydrogens (tertiary/aromatic N) is 3. The first-order valence-corrected chi connectivity index (χ1v) is 8.68. The van der Waals surface area contributed by atoms with Crippen LogP contribution in [-0.2, 0) is 19.7 Å². The third-order valence-electron chi connectivity index (χ3n) is 3.95. The van der Waals surface area contributed by atoms with Crippen LogP contribution < -0.4 is 5.73 Å². The number of morpholine rings is 1. The van der Waals surface area contributed by atoms with Crippen LogP contribution in [0.5, 0.6) is 0 Å². The van der Waals surface area contributed by atoms with E-state index in [0.29, 0.717) is 59.0 Å². The summed E-state index contributed by atoms with van der Waals surface area (Å²) in [6, 6.07) is 0. The second kappa shape index (κ2) is 7.01. The molecule has 1 amide bonds. The highest BCUT2D eigenvalue weighted by atomic mass is 32.2. The van der Waals surface area contributed by atoms with Crippen LogP contribution in [0.2, 0.25) is 0 Å². The largest absolute Gasteiger partial charge is 0.379 e. The zero-order valence-electron chi connectivity index (χ0n) is 12.4. The molecule has 2 heterocycles. The zero-order valence-corrected chi connectivity index (χ0v) is 13.2. The summed E-state index contributed by atoms with van der Waals surface area (Å²) in [5.74, 6) is -0.215. The Kier molecular flexibility index (Phi) is 5.55. The minimum atomic E-state index is -3.44. The average molecular weight is 320 g/mol. The number of rotatable bonds is 4. The van der Waals surface area contributed by atoms with Gasteiger partial charge < -0.3 is 15.4 Å². The van der Waals surface area contributed by atoms with Gasteiger partial charge in [0.1, 0.15) is 0 Å². The van der Waals surface area contributed by atoms with Crippen molar-refractivity contribution < 1.29 is 17.9 Å². The summed E-state index contributed by atoms with van der Waals surface area (Å²) in [6.07, 6.45) is 0. The van der Waals surface area contributed by atoms with Gasteiger partial charge in [-0.15, -0.1) is 0 Å². The molecule has 1 atom stereocenters. The van der Waals surface area contributed by atoms with Crippen LogP contribution >= 0.6 is 0 Å². The van der Waals surface area contributed by atoms with Crippen LogP contribution in [0, 0.1) is 5.92 Å². The minimum Gasteiger partial charge on any atom is -0.379 e. The molecule has 0 spiro atoms. The molecule has 0 bridgehead atoms. The van der Waals surface area contributed by atoms with Gasteiger partial charge in [-0.2, -0.15) is 17.0 Å². The molecule has 9 heteroatoms. The Morgan fingerprint density at radius 3 is 2.14 bits per heavy atom. The van der Waals surface area contributed by atoms with E-state index in [-0.39, 0.29) is 11.8 Å². The van der Waals surface area contributed by atoms with Crippen molar-refractivity contribution in [2.45, 2.75) is 6.92 Å². The first kappa shape index (κ1) is 16.6. The van der Waals surface area contributed by atoms with Crippen molar-refractivity contribution >= 4 is 16.1 Å². The molecule has 0 aromatic carbocycles. The molecule has 0 aliphatic carbocycles. The van der Waals surface area contributed by atoms with Gasteiger partial charge in [0.05, 0.1) is 13.2 Å². The molecular weight excluding hydrogens is 296 g/mol. The van der Waals surface area contributed by atoms with Crippen LogP contribution in [-0.4, -0.2) is 86.9 Å². The van der Waals surface area contributed by atoms with Gasteiger partial charge in [-0.05, 0) is 0 Å². The van der Waals surface area contributed by atoms with Gasteiger partial charge in [0.2, 0.25) is 5.91 Å². The Hall–Kier alpha value is -0.740. The Labute approximate surface area is 126 Å². The number of nitrogens with two attached hydrogens (primary N) is 1. The van der Waals surface area contributed by atoms with E-state index in [4.69, 9.17) is 10.5 Å². The first-order valence-electron chi connectivity index (χ1n) is 7.28. The fraction of sp³-hybridized carbons (Fsp3) is 0.917. The van der Waals surface area contributed by atoms with E-state index in [2.05, 4.69) is 0 Å². The third kappa shape index (κ3) is 3.72. The summed E-state index contributed by atoms with van der Waals surface area (Å²) in [5, 5.41) is 0. The highest BCUT2D eigenvalue weighted by molar-refractivity contribution is 7.86. The number of amides is 1. The lowest BCUT2D eigenvalue weighted by Crippen LogP contribution is -2.56. The summed E-state index contributed by atoms with van der Waals surface area (Å²) in [7, 11) is -3.44. The lowest BCUT2D eigenvalue weighted by molar-refractivity contribution is -0.135. The minimum absolute atomic E-state index is 0.000852. The third-order valence-corrected chi connectivity index (χ3v) is 5.98. The highest BCUT2D eigenvalue weighted by Gasteiger charge is 2.34. The predicted octanol–water partition coefficient (Wildman–Crippen LogP) is -1.70. The summed E-state index contributed by atoms with van der Waals surface area (Å²) in [4.78, 5) is 13.7. The van der Waals surface area contributed by atoms with Gasteiger partial charge >= 0.3 is 0 Å². The van der Waals surface area contributed by atoms with Crippen LogP contribution in [0.3, 0.4) is 0 Å². The second-order valence-corrected chi connectivity index (χ2v) is 7.31. The van der Waals surface area contributed by atoms with Gasteiger partial charge in [0.25, 0.3) is 10.2 Å². The van der Waals surface area contributed by atoms with Crippen molar-refractivity contribution in [3.63, 3.8) is 0 Å². The van der Waals surface area contributed by atoms with E-state index in [1.165, 1.54) is 8.61 Å². The van der Waals surface area contributed by atoms with E-state index in [1.807, 2.05) is 0 Å². The molecule has 0 aromatic rings. The lowest BCUT2D eigenvalue weighted by Gasteiger charge is -2.38. The van der Waals surface area contributed by atoms with Crippen molar-refractivity contribution in [1.29, 1.82) is 0 Å². The van der Waals surface area contributed by atoms with E-state index < -0.39 is 10.2 Å². The molecule has 2 rings (SSSR count). The summed E-state index contributed by atoms with van der Waals surface area (Å²) in [6.45, 7) is 5.28. The van der Waals surface area contributed by atoms with E-state index in [0.717, 1.165) is 0 Å². The monoisotopic (exact) mass is 320 g/mol. The molecule has 0 radical (unpaired) electrons. The molecule has 1 unspecified atom stereocenters. The highest BCUT2D eigenvalue weighted by Crippen LogP contribution is 2.15.